The van der Waals surface area contributed by atoms with E-state index in [0.717, 1.165) is 0 Å². The van der Waals surface area contributed by atoms with Crippen molar-refractivity contribution >= 4 is 29.1 Å². The van der Waals surface area contributed by atoms with Crippen molar-refractivity contribution in [2.45, 2.75) is 13.0 Å². The van der Waals surface area contributed by atoms with E-state index in [4.69, 9.17) is 23.2 Å². The first kappa shape index (κ1) is 12.3. The standard InChI is InChI=1S/C10H12Cl2N2O/c1-7(5-11)14(2)10(15)9-4-3-8(12)6-13-9/h3-4,6-7H,5H2,1-2H3. The van der Waals surface area contributed by atoms with Crippen molar-refractivity contribution in [2.75, 3.05) is 12.9 Å². The smallest absolute Gasteiger partial charge is 0.272 e. The number of hydrogen-bond donors (Lipinski definition) is 0. The average molecular weight is 247 g/mol. The summed E-state index contributed by atoms with van der Waals surface area (Å²) < 4.78 is 0. The van der Waals surface area contributed by atoms with E-state index < -0.39 is 0 Å². The monoisotopic (exact) mass is 246 g/mol. The number of pyridine rings is 1. The molecular formula is C10H12Cl2N2O. The summed E-state index contributed by atoms with van der Waals surface area (Å²) in [7, 11) is 1.70. The van der Waals surface area contributed by atoms with E-state index in [2.05, 4.69) is 4.98 Å². The van der Waals surface area contributed by atoms with Crippen LogP contribution in [-0.4, -0.2) is 34.8 Å². The van der Waals surface area contributed by atoms with Gasteiger partial charge in [-0.25, -0.2) is 4.98 Å². The summed E-state index contributed by atoms with van der Waals surface area (Å²) in [5, 5.41) is 0.514. The van der Waals surface area contributed by atoms with E-state index in [1.807, 2.05) is 6.92 Å². The Labute approximate surface area is 99.0 Å². The Kier molecular flexibility index (Phi) is 4.36. The highest BCUT2D eigenvalue weighted by Crippen LogP contribution is 2.09. The molecule has 0 aliphatic rings. The second kappa shape index (κ2) is 5.33. The number of alkyl halides is 1. The molecule has 1 atom stereocenters. The molecule has 0 bridgehead atoms. The fourth-order valence-electron chi connectivity index (χ4n) is 0.987. The molecule has 15 heavy (non-hydrogen) atoms. The third kappa shape index (κ3) is 3.08. The van der Waals surface area contributed by atoms with Gasteiger partial charge in [0.1, 0.15) is 5.69 Å². The highest BCUT2D eigenvalue weighted by atomic mass is 35.5. The number of carbonyl (C=O) groups is 1. The molecule has 0 N–H and O–H groups in total. The minimum Gasteiger partial charge on any atom is -0.336 e. The molecule has 0 spiro atoms. The van der Waals surface area contributed by atoms with Crippen LogP contribution in [-0.2, 0) is 0 Å². The second-order valence-electron chi connectivity index (χ2n) is 3.28. The number of hydrogen-bond acceptors (Lipinski definition) is 2. The van der Waals surface area contributed by atoms with Gasteiger partial charge in [-0.05, 0) is 19.1 Å². The summed E-state index contributed by atoms with van der Waals surface area (Å²) in [6.45, 7) is 1.88. The van der Waals surface area contributed by atoms with Crippen molar-refractivity contribution in [3.63, 3.8) is 0 Å². The van der Waals surface area contributed by atoms with Gasteiger partial charge in [0.05, 0.1) is 5.02 Å². The van der Waals surface area contributed by atoms with Crippen LogP contribution in [0.4, 0.5) is 0 Å². The zero-order chi connectivity index (χ0) is 11.4. The lowest BCUT2D eigenvalue weighted by Crippen LogP contribution is -2.36. The van der Waals surface area contributed by atoms with Gasteiger partial charge in [0, 0.05) is 25.2 Å². The van der Waals surface area contributed by atoms with Crippen LogP contribution in [0, 0.1) is 0 Å². The Morgan fingerprint density at radius 2 is 2.27 bits per heavy atom. The summed E-state index contributed by atoms with van der Waals surface area (Å²) in [5.74, 6) is 0.246. The number of aromatic nitrogens is 1. The maximum Gasteiger partial charge on any atom is 0.272 e. The number of nitrogens with zero attached hydrogens (tertiary/aromatic N) is 2. The predicted octanol–water partition coefficient (Wildman–Crippen LogP) is 2.43. The largest absolute Gasteiger partial charge is 0.336 e. The molecule has 3 nitrogen and oxygen atoms in total. The van der Waals surface area contributed by atoms with Crippen LogP contribution in [0.1, 0.15) is 17.4 Å². The van der Waals surface area contributed by atoms with E-state index >= 15 is 0 Å². The molecule has 0 saturated carbocycles. The van der Waals surface area contributed by atoms with Crippen molar-refractivity contribution in [3.05, 3.63) is 29.0 Å². The van der Waals surface area contributed by atoms with Gasteiger partial charge in [-0.15, -0.1) is 11.6 Å². The maximum atomic E-state index is 11.8. The molecular weight excluding hydrogens is 235 g/mol. The van der Waals surface area contributed by atoms with Gasteiger partial charge in [-0.1, -0.05) is 11.6 Å². The number of carbonyl (C=O) groups excluding carboxylic acids is 1. The van der Waals surface area contributed by atoms with Crippen molar-refractivity contribution in [2.24, 2.45) is 0 Å². The molecule has 1 aromatic heterocycles. The van der Waals surface area contributed by atoms with Crippen LogP contribution in [0.25, 0.3) is 0 Å². The Morgan fingerprint density at radius 1 is 1.60 bits per heavy atom. The SMILES string of the molecule is CC(CCl)N(C)C(=O)c1ccc(Cl)cn1. The van der Waals surface area contributed by atoms with Crippen LogP contribution in [0.2, 0.25) is 5.02 Å². The van der Waals surface area contributed by atoms with Crippen molar-refractivity contribution in [3.8, 4) is 0 Å². The third-order valence-corrected chi connectivity index (χ3v) is 2.82. The molecule has 1 aromatic rings. The van der Waals surface area contributed by atoms with Gasteiger partial charge >= 0.3 is 0 Å². The Morgan fingerprint density at radius 3 is 2.73 bits per heavy atom. The molecule has 0 aromatic carbocycles. The van der Waals surface area contributed by atoms with Gasteiger partial charge in [0.25, 0.3) is 5.91 Å². The van der Waals surface area contributed by atoms with Gasteiger partial charge in [-0.2, -0.15) is 0 Å². The van der Waals surface area contributed by atoms with E-state index in [9.17, 15) is 4.79 Å². The molecule has 1 rings (SSSR count). The lowest BCUT2D eigenvalue weighted by Gasteiger charge is -2.22. The molecule has 1 amide bonds. The molecule has 0 radical (unpaired) electrons. The summed E-state index contributed by atoms with van der Waals surface area (Å²) in [4.78, 5) is 17.3. The van der Waals surface area contributed by atoms with Gasteiger partial charge < -0.3 is 4.90 Å². The zero-order valence-corrected chi connectivity index (χ0v) is 10.1. The normalized spacial score (nSPS) is 12.3. The highest BCUT2D eigenvalue weighted by molar-refractivity contribution is 6.30. The van der Waals surface area contributed by atoms with Crippen molar-refractivity contribution < 1.29 is 4.79 Å². The first-order chi connectivity index (χ1) is 7.06. The maximum absolute atomic E-state index is 11.8. The molecule has 1 heterocycles. The summed E-state index contributed by atoms with van der Waals surface area (Å²) in [6.07, 6.45) is 1.45. The predicted molar refractivity (Wildman–Crippen MR) is 61.5 cm³/mol. The molecule has 0 saturated heterocycles. The van der Waals surface area contributed by atoms with Crippen LogP contribution >= 0.6 is 23.2 Å². The third-order valence-electron chi connectivity index (χ3n) is 2.15. The van der Waals surface area contributed by atoms with Gasteiger partial charge in [0.2, 0.25) is 0 Å². The van der Waals surface area contributed by atoms with Crippen molar-refractivity contribution in [1.82, 2.24) is 9.88 Å². The molecule has 0 aliphatic carbocycles. The van der Waals surface area contributed by atoms with Crippen LogP contribution in [0.5, 0.6) is 0 Å². The minimum atomic E-state index is -0.153. The summed E-state index contributed by atoms with van der Waals surface area (Å²) >= 11 is 11.3. The van der Waals surface area contributed by atoms with E-state index in [0.29, 0.717) is 16.6 Å². The second-order valence-corrected chi connectivity index (χ2v) is 4.03. The quantitative estimate of drug-likeness (QED) is 0.768. The molecule has 0 fully saturated rings. The Hall–Kier alpha value is -0.800. The van der Waals surface area contributed by atoms with Crippen molar-refractivity contribution in [1.29, 1.82) is 0 Å². The molecule has 82 valence electrons. The lowest BCUT2D eigenvalue weighted by atomic mass is 10.2. The fourth-order valence-corrected chi connectivity index (χ4v) is 1.31. The van der Waals surface area contributed by atoms with Gasteiger partial charge in [-0.3, -0.25) is 4.79 Å². The van der Waals surface area contributed by atoms with Crippen LogP contribution in [0.3, 0.4) is 0 Å². The fraction of sp³-hybridized carbons (Fsp3) is 0.400. The Bertz CT molecular complexity index is 340. The minimum absolute atomic E-state index is 0.0170. The molecule has 1 unspecified atom stereocenters. The number of amides is 1. The number of halogens is 2. The van der Waals surface area contributed by atoms with E-state index in [1.54, 1.807) is 24.1 Å². The van der Waals surface area contributed by atoms with Gasteiger partial charge in [0.15, 0.2) is 0 Å². The Balaban J connectivity index is 2.80. The van der Waals surface area contributed by atoms with Crippen LogP contribution < -0.4 is 0 Å². The van der Waals surface area contributed by atoms with E-state index in [-0.39, 0.29) is 11.9 Å². The first-order valence-electron chi connectivity index (χ1n) is 4.51. The zero-order valence-electron chi connectivity index (χ0n) is 8.58. The number of rotatable bonds is 3. The van der Waals surface area contributed by atoms with E-state index in [1.165, 1.54) is 6.20 Å². The average Bonchev–Trinajstić information content (AvgIpc) is 2.27. The lowest BCUT2D eigenvalue weighted by molar-refractivity contribution is 0.0751. The topological polar surface area (TPSA) is 33.2 Å². The van der Waals surface area contributed by atoms with Crippen LogP contribution in [0.15, 0.2) is 18.3 Å². The summed E-state index contributed by atoms with van der Waals surface area (Å²) in [6, 6.07) is 3.22. The highest BCUT2D eigenvalue weighted by Gasteiger charge is 2.17. The summed E-state index contributed by atoms with van der Waals surface area (Å²) in [5.41, 5.74) is 0.374. The molecule has 0 aliphatic heterocycles. The molecule has 5 heteroatoms. The first-order valence-corrected chi connectivity index (χ1v) is 5.42.